The van der Waals surface area contributed by atoms with Crippen LogP contribution in [0.15, 0.2) is 30.6 Å². The zero-order valence-corrected chi connectivity index (χ0v) is 10.1. The molecular formula is C12H12F3N3O. The van der Waals surface area contributed by atoms with Crippen molar-refractivity contribution in [3.8, 4) is 5.75 Å². The van der Waals surface area contributed by atoms with Gasteiger partial charge in [0, 0.05) is 6.20 Å². The summed E-state index contributed by atoms with van der Waals surface area (Å²) in [5.74, 6) is 0.528. The first-order valence-electron chi connectivity index (χ1n) is 5.42. The van der Waals surface area contributed by atoms with Crippen molar-refractivity contribution < 1.29 is 17.9 Å². The minimum atomic E-state index is -4.38. The first kappa shape index (κ1) is 13.3. The van der Waals surface area contributed by atoms with Crippen molar-refractivity contribution in [2.75, 3.05) is 12.8 Å². The zero-order valence-electron chi connectivity index (χ0n) is 10.1. The highest BCUT2D eigenvalue weighted by molar-refractivity contribution is 5.54. The predicted octanol–water partition coefficient (Wildman–Crippen LogP) is 2.54. The first-order chi connectivity index (χ1) is 8.90. The number of alkyl halides is 3. The van der Waals surface area contributed by atoms with Gasteiger partial charge < -0.3 is 10.5 Å². The van der Waals surface area contributed by atoms with Crippen LogP contribution in [0.25, 0.3) is 0 Å². The van der Waals surface area contributed by atoms with Crippen molar-refractivity contribution >= 4 is 5.69 Å². The lowest BCUT2D eigenvalue weighted by Crippen LogP contribution is -2.04. The van der Waals surface area contributed by atoms with E-state index >= 15 is 0 Å². The van der Waals surface area contributed by atoms with Gasteiger partial charge >= 0.3 is 6.18 Å². The maximum atomic E-state index is 12.4. The minimum absolute atomic E-state index is 0.213. The number of hydrogen-bond acceptors (Lipinski definition) is 3. The summed E-state index contributed by atoms with van der Waals surface area (Å²) in [7, 11) is 1.49. The van der Waals surface area contributed by atoms with Crippen molar-refractivity contribution in [1.82, 2.24) is 9.78 Å². The lowest BCUT2D eigenvalue weighted by atomic mass is 10.2. The fraction of sp³-hybridized carbons (Fsp3) is 0.250. The van der Waals surface area contributed by atoms with E-state index in [4.69, 9.17) is 10.5 Å². The number of ether oxygens (including phenoxy) is 1. The number of anilines is 1. The molecule has 0 saturated heterocycles. The average molecular weight is 271 g/mol. The van der Waals surface area contributed by atoms with Crippen LogP contribution in [-0.4, -0.2) is 16.9 Å². The molecule has 2 N–H and O–H groups in total. The van der Waals surface area contributed by atoms with Gasteiger partial charge in [0.2, 0.25) is 0 Å². The highest BCUT2D eigenvalue weighted by Crippen LogP contribution is 2.28. The van der Waals surface area contributed by atoms with Crippen molar-refractivity contribution in [3.63, 3.8) is 0 Å². The molecule has 0 unspecified atom stereocenters. The molecule has 0 aliphatic heterocycles. The summed E-state index contributed by atoms with van der Waals surface area (Å²) in [5.41, 5.74) is 6.13. The van der Waals surface area contributed by atoms with Crippen LogP contribution in [0.4, 0.5) is 18.9 Å². The highest BCUT2D eigenvalue weighted by Gasteiger charge is 2.32. The van der Waals surface area contributed by atoms with Crippen LogP contribution in [0, 0.1) is 0 Å². The number of methoxy groups -OCH3 is 1. The molecule has 1 aromatic heterocycles. The number of halogens is 3. The van der Waals surface area contributed by atoms with Gasteiger partial charge in [0.1, 0.15) is 5.75 Å². The Morgan fingerprint density at radius 3 is 2.63 bits per heavy atom. The largest absolute Gasteiger partial charge is 0.495 e. The molecular weight excluding hydrogens is 259 g/mol. The van der Waals surface area contributed by atoms with E-state index in [1.54, 1.807) is 18.2 Å². The van der Waals surface area contributed by atoms with Gasteiger partial charge in [-0.25, -0.2) is 0 Å². The smallest absolute Gasteiger partial charge is 0.419 e. The second-order valence-corrected chi connectivity index (χ2v) is 4.00. The molecule has 1 aromatic carbocycles. The Hall–Kier alpha value is -2.18. The maximum absolute atomic E-state index is 12.4. The number of nitrogens with zero attached hydrogens (tertiary/aromatic N) is 2. The lowest BCUT2D eigenvalue weighted by Gasteiger charge is -2.07. The van der Waals surface area contributed by atoms with Gasteiger partial charge in [-0.15, -0.1) is 0 Å². The SMILES string of the molecule is COc1ccc(Cn2cc(C(F)(F)F)cn2)cc1N. The van der Waals surface area contributed by atoms with E-state index in [1.807, 2.05) is 0 Å². The standard InChI is InChI=1S/C12H12F3N3O/c1-19-11-3-2-8(4-10(11)16)6-18-7-9(5-17-18)12(13,14)15/h2-5,7H,6,16H2,1H3. The van der Waals surface area contributed by atoms with Crippen molar-refractivity contribution in [2.45, 2.75) is 12.7 Å². The lowest BCUT2D eigenvalue weighted by molar-refractivity contribution is -0.137. The normalized spacial score (nSPS) is 11.6. The highest BCUT2D eigenvalue weighted by atomic mass is 19.4. The molecule has 0 atom stereocenters. The Balaban J connectivity index is 2.17. The Labute approximate surface area is 107 Å². The molecule has 0 bridgehead atoms. The second kappa shape index (κ2) is 4.83. The van der Waals surface area contributed by atoms with Gasteiger partial charge in [-0.1, -0.05) is 6.07 Å². The van der Waals surface area contributed by atoms with Gasteiger partial charge in [-0.2, -0.15) is 18.3 Å². The second-order valence-electron chi connectivity index (χ2n) is 4.00. The summed E-state index contributed by atoms with van der Waals surface area (Å²) < 4.78 is 43.5. The Kier molecular flexibility index (Phi) is 3.37. The van der Waals surface area contributed by atoms with Crippen molar-refractivity contribution in [3.05, 3.63) is 41.7 Å². The van der Waals surface area contributed by atoms with E-state index in [0.29, 0.717) is 11.4 Å². The summed E-state index contributed by atoms with van der Waals surface area (Å²) >= 11 is 0. The average Bonchev–Trinajstić information content (AvgIpc) is 2.77. The van der Waals surface area contributed by atoms with Crippen molar-refractivity contribution in [2.24, 2.45) is 0 Å². The van der Waals surface area contributed by atoms with E-state index in [9.17, 15) is 13.2 Å². The topological polar surface area (TPSA) is 53.1 Å². The number of nitrogen functional groups attached to an aromatic ring is 1. The van der Waals surface area contributed by atoms with Crippen LogP contribution in [0.3, 0.4) is 0 Å². The molecule has 0 saturated carbocycles. The number of aromatic nitrogens is 2. The molecule has 1 heterocycles. The summed E-state index contributed by atoms with van der Waals surface area (Å²) in [6.07, 6.45) is -2.62. The summed E-state index contributed by atoms with van der Waals surface area (Å²) in [5, 5.41) is 3.67. The van der Waals surface area contributed by atoms with E-state index < -0.39 is 11.7 Å². The summed E-state index contributed by atoms with van der Waals surface area (Å²) in [6.45, 7) is 0.213. The van der Waals surface area contributed by atoms with E-state index in [1.165, 1.54) is 11.8 Å². The van der Waals surface area contributed by atoms with Crippen LogP contribution in [0.1, 0.15) is 11.1 Å². The number of rotatable bonds is 3. The molecule has 0 radical (unpaired) electrons. The van der Waals surface area contributed by atoms with Crippen molar-refractivity contribution in [1.29, 1.82) is 0 Å². The summed E-state index contributed by atoms with van der Waals surface area (Å²) in [4.78, 5) is 0. The number of benzene rings is 1. The molecule has 0 fully saturated rings. The predicted molar refractivity (Wildman–Crippen MR) is 63.7 cm³/mol. The Morgan fingerprint density at radius 2 is 2.11 bits per heavy atom. The Morgan fingerprint density at radius 1 is 1.37 bits per heavy atom. The molecule has 2 aromatic rings. The molecule has 0 spiro atoms. The monoisotopic (exact) mass is 271 g/mol. The molecule has 19 heavy (non-hydrogen) atoms. The van der Waals surface area contributed by atoms with Gasteiger partial charge in [0.15, 0.2) is 0 Å². The molecule has 7 heteroatoms. The van der Waals surface area contributed by atoms with E-state index in [-0.39, 0.29) is 6.54 Å². The number of nitrogens with two attached hydrogens (primary N) is 1. The fourth-order valence-electron chi connectivity index (χ4n) is 1.67. The third-order valence-electron chi connectivity index (χ3n) is 2.60. The van der Waals surface area contributed by atoms with Gasteiger partial charge in [0.05, 0.1) is 31.1 Å². The molecule has 0 aliphatic rings. The van der Waals surface area contributed by atoms with Crippen LogP contribution in [0.2, 0.25) is 0 Å². The van der Waals surface area contributed by atoms with Gasteiger partial charge in [-0.3, -0.25) is 4.68 Å². The van der Waals surface area contributed by atoms with Crippen LogP contribution < -0.4 is 10.5 Å². The van der Waals surface area contributed by atoms with Gasteiger partial charge in [-0.05, 0) is 17.7 Å². The van der Waals surface area contributed by atoms with Crippen LogP contribution >= 0.6 is 0 Å². The molecule has 4 nitrogen and oxygen atoms in total. The fourth-order valence-corrected chi connectivity index (χ4v) is 1.67. The van der Waals surface area contributed by atoms with E-state index in [2.05, 4.69) is 5.10 Å². The minimum Gasteiger partial charge on any atom is -0.495 e. The van der Waals surface area contributed by atoms with Crippen LogP contribution in [-0.2, 0) is 12.7 Å². The molecule has 0 aliphatic carbocycles. The zero-order chi connectivity index (χ0) is 14.0. The third-order valence-corrected chi connectivity index (χ3v) is 2.60. The van der Waals surface area contributed by atoms with Gasteiger partial charge in [0.25, 0.3) is 0 Å². The first-order valence-corrected chi connectivity index (χ1v) is 5.42. The quantitative estimate of drug-likeness (QED) is 0.873. The van der Waals surface area contributed by atoms with E-state index in [0.717, 1.165) is 18.0 Å². The Bertz CT molecular complexity index is 578. The molecule has 102 valence electrons. The third kappa shape index (κ3) is 2.98. The molecule has 2 rings (SSSR count). The number of hydrogen-bond donors (Lipinski definition) is 1. The van der Waals surface area contributed by atoms with Crippen LogP contribution in [0.5, 0.6) is 5.75 Å². The molecule has 0 amide bonds. The summed E-state index contributed by atoms with van der Waals surface area (Å²) in [6, 6.07) is 5.04. The maximum Gasteiger partial charge on any atom is 0.419 e.